The third kappa shape index (κ3) is 12.6. The molecule has 0 fully saturated rings. The number of benzene rings is 2. The zero-order chi connectivity index (χ0) is 30.7. The molecule has 0 radical (unpaired) electrons. The van der Waals surface area contributed by atoms with Crippen LogP contribution in [0.4, 0.5) is 11.6 Å². The summed E-state index contributed by atoms with van der Waals surface area (Å²) in [4.78, 5) is 33.9. The molecule has 0 atom stereocenters. The maximum Gasteiger partial charge on any atom is 0.225 e. The minimum absolute atomic E-state index is 0.0654. The number of hydrogen-bond acceptors (Lipinski definition) is 6. The minimum Gasteiger partial charge on any atom is -0.377 e. The second-order valence-corrected chi connectivity index (χ2v) is 10.9. The monoisotopic (exact) mass is 596 g/mol. The fourth-order valence-corrected chi connectivity index (χ4v) is 4.76. The lowest BCUT2D eigenvalue weighted by molar-refractivity contribution is -0.117. The molecule has 0 saturated heterocycles. The minimum atomic E-state index is -0.0654. The molecule has 0 aliphatic carbocycles. The van der Waals surface area contributed by atoms with E-state index in [1.807, 2.05) is 48.5 Å². The summed E-state index contributed by atoms with van der Waals surface area (Å²) in [5, 5.41) is 6.58. The molecule has 4 rings (SSSR count). The van der Waals surface area contributed by atoms with E-state index in [-0.39, 0.29) is 11.8 Å². The number of aromatic nitrogens is 2. The number of nitrogens with one attached hydrogen (secondary N) is 2. The van der Waals surface area contributed by atoms with Gasteiger partial charge in [-0.3, -0.25) is 9.59 Å². The van der Waals surface area contributed by atoms with Crippen LogP contribution in [0.25, 0.3) is 11.0 Å². The number of rotatable bonds is 20. The molecule has 2 amide bonds. The number of amides is 2. The van der Waals surface area contributed by atoms with Gasteiger partial charge in [0.2, 0.25) is 11.8 Å². The van der Waals surface area contributed by atoms with Crippen molar-refractivity contribution >= 4 is 34.5 Å². The lowest BCUT2D eigenvalue weighted by Gasteiger charge is -2.08. The highest BCUT2D eigenvalue weighted by Gasteiger charge is 2.08. The van der Waals surface area contributed by atoms with Crippen LogP contribution >= 0.6 is 0 Å². The second-order valence-electron chi connectivity index (χ2n) is 10.9. The van der Waals surface area contributed by atoms with Crippen molar-refractivity contribution in [2.75, 3.05) is 23.8 Å². The van der Waals surface area contributed by atoms with E-state index in [1.54, 1.807) is 12.1 Å². The van der Waals surface area contributed by atoms with Crippen LogP contribution < -0.4 is 10.6 Å². The first-order chi connectivity index (χ1) is 21.7. The summed E-state index contributed by atoms with van der Waals surface area (Å²) in [6.07, 6.45) is 8.47. The highest BCUT2D eigenvalue weighted by atomic mass is 16.5. The van der Waals surface area contributed by atoms with E-state index in [9.17, 15) is 9.59 Å². The van der Waals surface area contributed by atoms with Gasteiger partial charge in [-0.15, -0.1) is 0 Å². The molecule has 232 valence electrons. The van der Waals surface area contributed by atoms with Crippen molar-refractivity contribution in [3.8, 4) is 0 Å². The number of ether oxygens (including phenoxy) is 2. The third-order valence-corrected chi connectivity index (χ3v) is 7.20. The predicted molar refractivity (Wildman–Crippen MR) is 175 cm³/mol. The van der Waals surface area contributed by atoms with Gasteiger partial charge in [0, 0.05) is 31.4 Å². The molecule has 2 heterocycles. The molecule has 0 bridgehead atoms. The van der Waals surface area contributed by atoms with Crippen molar-refractivity contribution in [2.24, 2.45) is 0 Å². The predicted octanol–water partition coefficient (Wildman–Crippen LogP) is 7.84. The fraction of sp³-hybridized carbons (Fsp3) is 0.389. The molecule has 0 aliphatic heterocycles. The van der Waals surface area contributed by atoms with Crippen LogP contribution in [0.15, 0.2) is 84.9 Å². The maximum absolute atomic E-state index is 12.5. The first kappa shape index (κ1) is 32.8. The lowest BCUT2D eigenvalue weighted by Crippen LogP contribution is -2.13. The largest absolute Gasteiger partial charge is 0.377 e. The molecule has 4 aromatic rings. The summed E-state index contributed by atoms with van der Waals surface area (Å²) in [6.45, 7) is 2.72. The average molecular weight is 597 g/mol. The summed E-state index contributed by atoms with van der Waals surface area (Å²) < 4.78 is 11.4. The van der Waals surface area contributed by atoms with E-state index in [4.69, 9.17) is 9.47 Å². The van der Waals surface area contributed by atoms with Crippen LogP contribution in [0.3, 0.4) is 0 Å². The van der Waals surface area contributed by atoms with Crippen LogP contribution in [0.5, 0.6) is 0 Å². The standard InChI is InChI=1S/C36H44N4O4/c41-34(19-11-1-3-13-25-43-27-29-15-7-5-8-16-29)37-32-23-21-31-22-24-33(40-36(31)39-32)38-35(42)20-12-2-4-14-26-44-28-30-17-9-6-10-18-30/h5-10,15-18,21-24H,1-4,11-14,19-20,25-28H2,(H2,37,38,39,40,41,42). The molecule has 0 saturated carbocycles. The van der Waals surface area contributed by atoms with Crippen molar-refractivity contribution < 1.29 is 19.1 Å². The SMILES string of the molecule is O=C(CCCCCCOCc1ccccc1)Nc1ccc2ccc(NC(=O)CCCCCCOCc3ccccc3)nc2n1. The number of fused-ring (bicyclic) bond motifs is 1. The quantitative estimate of drug-likeness (QED) is 0.101. The van der Waals surface area contributed by atoms with Crippen molar-refractivity contribution in [3.05, 3.63) is 96.1 Å². The summed E-state index contributed by atoms with van der Waals surface area (Å²) in [7, 11) is 0. The van der Waals surface area contributed by atoms with E-state index >= 15 is 0 Å². The number of unbranched alkanes of at least 4 members (excludes halogenated alkanes) is 6. The molecule has 8 heteroatoms. The van der Waals surface area contributed by atoms with Gasteiger partial charge < -0.3 is 20.1 Å². The Morgan fingerprint density at radius 3 is 1.41 bits per heavy atom. The number of nitrogens with zero attached hydrogens (tertiary/aromatic N) is 2. The highest BCUT2D eigenvalue weighted by molar-refractivity contribution is 5.92. The molecule has 2 N–H and O–H groups in total. The topological polar surface area (TPSA) is 102 Å². The summed E-state index contributed by atoms with van der Waals surface area (Å²) in [6, 6.07) is 27.6. The molecular weight excluding hydrogens is 552 g/mol. The molecule has 2 aromatic carbocycles. The number of carbonyl (C=O) groups excluding carboxylic acids is 2. The lowest BCUT2D eigenvalue weighted by atomic mass is 10.1. The Morgan fingerprint density at radius 2 is 0.955 bits per heavy atom. The number of anilines is 2. The molecular formula is C36H44N4O4. The van der Waals surface area contributed by atoms with Crippen LogP contribution in [0, 0.1) is 0 Å². The molecule has 8 nitrogen and oxygen atoms in total. The first-order valence-electron chi connectivity index (χ1n) is 15.8. The van der Waals surface area contributed by atoms with Gasteiger partial charge in [0.25, 0.3) is 0 Å². The maximum atomic E-state index is 12.5. The van der Waals surface area contributed by atoms with Gasteiger partial charge in [-0.1, -0.05) is 86.3 Å². The van der Waals surface area contributed by atoms with Gasteiger partial charge in [-0.05, 0) is 61.1 Å². The zero-order valence-electron chi connectivity index (χ0n) is 25.5. The van der Waals surface area contributed by atoms with E-state index in [0.29, 0.717) is 43.3 Å². The Hall–Kier alpha value is -4.14. The van der Waals surface area contributed by atoms with Crippen molar-refractivity contribution in [2.45, 2.75) is 77.4 Å². The summed E-state index contributed by atoms with van der Waals surface area (Å²) >= 11 is 0. The molecule has 44 heavy (non-hydrogen) atoms. The van der Waals surface area contributed by atoms with E-state index < -0.39 is 0 Å². The Morgan fingerprint density at radius 1 is 0.523 bits per heavy atom. The van der Waals surface area contributed by atoms with Gasteiger partial charge in [-0.25, -0.2) is 9.97 Å². The normalized spacial score (nSPS) is 11.0. The second kappa shape index (κ2) is 19.2. The summed E-state index contributed by atoms with van der Waals surface area (Å²) in [5.41, 5.74) is 2.84. The van der Waals surface area contributed by atoms with E-state index in [0.717, 1.165) is 70.0 Å². The summed E-state index contributed by atoms with van der Waals surface area (Å²) in [5.74, 6) is 0.787. The van der Waals surface area contributed by atoms with Crippen LogP contribution in [-0.2, 0) is 32.3 Å². The van der Waals surface area contributed by atoms with Gasteiger partial charge >= 0.3 is 0 Å². The Kier molecular flexibility index (Phi) is 14.3. The third-order valence-electron chi connectivity index (χ3n) is 7.20. The van der Waals surface area contributed by atoms with E-state index in [1.165, 1.54) is 11.1 Å². The van der Waals surface area contributed by atoms with Crippen molar-refractivity contribution in [3.63, 3.8) is 0 Å². The van der Waals surface area contributed by atoms with Gasteiger partial charge in [0.05, 0.1) is 13.2 Å². The van der Waals surface area contributed by atoms with Crippen LogP contribution in [0.2, 0.25) is 0 Å². The zero-order valence-corrected chi connectivity index (χ0v) is 25.5. The first-order valence-corrected chi connectivity index (χ1v) is 15.8. The number of pyridine rings is 2. The Balaban J connectivity index is 1.06. The van der Waals surface area contributed by atoms with E-state index in [2.05, 4.69) is 44.9 Å². The Labute approximate surface area is 260 Å². The van der Waals surface area contributed by atoms with Crippen LogP contribution in [0.1, 0.15) is 75.3 Å². The molecule has 2 aromatic heterocycles. The fourth-order valence-electron chi connectivity index (χ4n) is 4.76. The van der Waals surface area contributed by atoms with Crippen molar-refractivity contribution in [1.29, 1.82) is 0 Å². The molecule has 0 aliphatic rings. The smallest absolute Gasteiger partial charge is 0.225 e. The van der Waals surface area contributed by atoms with Crippen LogP contribution in [-0.4, -0.2) is 35.0 Å². The Bertz CT molecular complexity index is 1310. The van der Waals surface area contributed by atoms with Gasteiger partial charge in [0.15, 0.2) is 5.65 Å². The van der Waals surface area contributed by atoms with Gasteiger partial charge in [0.1, 0.15) is 11.6 Å². The average Bonchev–Trinajstić information content (AvgIpc) is 3.04. The number of hydrogen-bond donors (Lipinski definition) is 2. The van der Waals surface area contributed by atoms with Gasteiger partial charge in [-0.2, -0.15) is 0 Å². The van der Waals surface area contributed by atoms with Crippen molar-refractivity contribution in [1.82, 2.24) is 9.97 Å². The molecule has 0 unspecified atom stereocenters. The highest BCUT2D eigenvalue weighted by Crippen LogP contribution is 2.17. The molecule has 0 spiro atoms. The number of carbonyl (C=O) groups is 2.